The van der Waals surface area contributed by atoms with Crippen LogP contribution in [-0.4, -0.2) is 26.6 Å². The van der Waals surface area contributed by atoms with Crippen molar-refractivity contribution in [1.29, 1.82) is 0 Å². The second-order valence-electron chi connectivity index (χ2n) is 5.16. The lowest BCUT2D eigenvalue weighted by atomic mass is 9.98. The number of carbonyl (C=O) groups excluding carboxylic acids is 1. The molecule has 0 aliphatic rings. The molecule has 1 unspecified atom stereocenters. The van der Waals surface area contributed by atoms with Crippen molar-refractivity contribution in [3.05, 3.63) is 64.1 Å². The number of benzene rings is 2. The standard InChI is InChI=1S/C18H21BrN2O2/c1-20-11-10-17(22)21-18(13-6-4-3-5-7-13)14-8-9-16(23-2)15(19)12-14/h3-9,12,18,20H,10-11H2,1-2H3,(H,21,22). The number of methoxy groups -OCH3 is 1. The van der Waals surface area contributed by atoms with Crippen LogP contribution in [0.3, 0.4) is 0 Å². The van der Waals surface area contributed by atoms with E-state index in [1.807, 2.05) is 55.6 Å². The van der Waals surface area contributed by atoms with E-state index < -0.39 is 0 Å². The topological polar surface area (TPSA) is 50.4 Å². The fourth-order valence-corrected chi connectivity index (χ4v) is 2.90. The molecule has 2 N–H and O–H groups in total. The van der Waals surface area contributed by atoms with Crippen LogP contribution in [0, 0.1) is 0 Å². The molecule has 0 saturated heterocycles. The van der Waals surface area contributed by atoms with E-state index in [0.717, 1.165) is 21.3 Å². The molecular weight excluding hydrogens is 356 g/mol. The number of rotatable bonds is 7. The Hall–Kier alpha value is -1.85. The predicted molar refractivity (Wildman–Crippen MR) is 95.7 cm³/mol. The lowest BCUT2D eigenvalue weighted by Gasteiger charge is -2.21. The highest BCUT2D eigenvalue weighted by Crippen LogP contribution is 2.30. The summed E-state index contributed by atoms with van der Waals surface area (Å²) >= 11 is 3.51. The van der Waals surface area contributed by atoms with E-state index in [-0.39, 0.29) is 11.9 Å². The van der Waals surface area contributed by atoms with Crippen molar-refractivity contribution in [1.82, 2.24) is 10.6 Å². The van der Waals surface area contributed by atoms with Crippen LogP contribution in [0.1, 0.15) is 23.6 Å². The first-order valence-corrected chi connectivity index (χ1v) is 8.27. The van der Waals surface area contributed by atoms with Crippen LogP contribution in [0.15, 0.2) is 53.0 Å². The van der Waals surface area contributed by atoms with E-state index in [9.17, 15) is 4.79 Å². The third kappa shape index (κ3) is 4.81. The zero-order valence-corrected chi connectivity index (χ0v) is 14.9. The highest BCUT2D eigenvalue weighted by atomic mass is 79.9. The van der Waals surface area contributed by atoms with Gasteiger partial charge in [0, 0.05) is 13.0 Å². The number of nitrogens with one attached hydrogen (secondary N) is 2. The molecule has 0 fully saturated rings. The molecule has 0 aliphatic carbocycles. The summed E-state index contributed by atoms with van der Waals surface area (Å²) in [5.74, 6) is 0.780. The normalized spacial score (nSPS) is 11.8. The van der Waals surface area contributed by atoms with Crippen molar-refractivity contribution in [2.45, 2.75) is 12.5 Å². The van der Waals surface area contributed by atoms with E-state index in [1.54, 1.807) is 7.11 Å². The summed E-state index contributed by atoms with van der Waals surface area (Å²) in [6.07, 6.45) is 0.442. The summed E-state index contributed by atoms with van der Waals surface area (Å²) in [7, 11) is 3.47. The van der Waals surface area contributed by atoms with Crippen molar-refractivity contribution in [2.75, 3.05) is 20.7 Å². The van der Waals surface area contributed by atoms with Crippen LogP contribution in [0.4, 0.5) is 0 Å². The first kappa shape index (κ1) is 17.5. The third-order valence-corrected chi connectivity index (χ3v) is 4.17. The summed E-state index contributed by atoms with van der Waals surface area (Å²) in [5.41, 5.74) is 2.05. The van der Waals surface area contributed by atoms with Crippen LogP contribution in [0.25, 0.3) is 0 Å². The zero-order valence-electron chi connectivity index (χ0n) is 13.3. The lowest BCUT2D eigenvalue weighted by molar-refractivity contribution is -0.121. The Morgan fingerprint density at radius 1 is 1.17 bits per heavy atom. The molecule has 0 bridgehead atoms. The second kappa shape index (κ2) is 8.70. The van der Waals surface area contributed by atoms with Gasteiger partial charge in [0.2, 0.25) is 5.91 Å². The van der Waals surface area contributed by atoms with Crippen molar-refractivity contribution in [3.8, 4) is 5.75 Å². The Balaban J connectivity index is 2.30. The van der Waals surface area contributed by atoms with Gasteiger partial charge < -0.3 is 15.4 Å². The maximum atomic E-state index is 12.2. The maximum absolute atomic E-state index is 12.2. The predicted octanol–water partition coefficient (Wildman–Crippen LogP) is 3.27. The average Bonchev–Trinajstić information content (AvgIpc) is 2.58. The van der Waals surface area contributed by atoms with Crippen molar-refractivity contribution in [3.63, 3.8) is 0 Å². The minimum Gasteiger partial charge on any atom is -0.496 e. The first-order valence-electron chi connectivity index (χ1n) is 7.48. The molecule has 1 atom stereocenters. The summed E-state index contributed by atoms with van der Waals surface area (Å²) in [4.78, 5) is 12.2. The average molecular weight is 377 g/mol. The van der Waals surface area contributed by atoms with Gasteiger partial charge in [-0.25, -0.2) is 0 Å². The van der Waals surface area contributed by atoms with Crippen LogP contribution < -0.4 is 15.4 Å². The molecule has 1 amide bonds. The quantitative estimate of drug-likeness (QED) is 0.779. The molecule has 0 spiro atoms. The number of hydrogen-bond acceptors (Lipinski definition) is 3. The first-order chi connectivity index (χ1) is 11.2. The van der Waals surface area contributed by atoms with Gasteiger partial charge in [0.25, 0.3) is 0 Å². The highest BCUT2D eigenvalue weighted by molar-refractivity contribution is 9.10. The van der Waals surface area contributed by atoms with Gasteiger partial charge in [0.15, 0.2) is 0 Å². The van der Waals surface area contributed by atoms with Crippen LogP contribution >= 0.6 is 15.9 Å². The summed E-state index contributed by atoms with van der Waals surface area (Å²) in [6, 6.07) is 15.6. The minimum absolute atomic E-state index is 0.0140. The molecule has 5 heteroatoms. The van der Waals surface area contributed by atoms with Gasteiger partial charge in [-0.2, -0.15) is 0 Å². The summed E-state index contributed by atoms with van der Waals surface area (Å²) < 4.78 is 6.14. The Morgan fingerprint density at radius 3 is 2.52 bits per heavy atom. The molecule has 2 aromatic carbocycles. The molecule has 2 aromatic rings. The van der Waals surface area contributed by atoms with E-state index >= 15 is 0 Å². The molecule has 2 rings (SSSR count). The van der Waals surface area contributed by atoms with Gasteiger partial charge in [-0.3, -0.25) is 4.79 Å². The van der Waals surface area contributed by atoms with Gasteiger partial charge >= 0.3 is 0 Å². The molecular formula is C18H21BrN2O2. The molecule has 122 valence electrons. The smallest absolute Gasteiger partial charge is 0.222 e. The third-order valence-electron chi connectivity index (χ3n) is 3.55. The van der Waals surface area contributed by atoms with Crippen molar-refractivity contribution < 1.29 is 9.53 Å². The summed E-state index contributed by atoms with van der Waals surface area (Å²) in [5, 5.41) is 6.10. The van der Waals surface area contributed by atoms with Gasteiger partial charge in [0.1, 0.15) is 5.75 Å². The van der Waals surface area contributed by atoms with Gasteiger partial charge in [-0.1, -0.05) is 36.4 Å². The second-order valence-corrected chi connectivity index (χ2v) is 6.01. The Morgan fingerprint density at radius 2 is 1.91 bits per heavy atom. The van der Waals surface area contributed by atoms with E-state index in [2.05, 4.69) is 26.6 Å². The van der Waals surface area contributed by atoms with Gasteiger partial charge in [0.05, 0.1) is 17.6 Å². The van der Waals surface area contributed by atoms with E-state index in [4.69, 9.17) is 4.74 Å². The number of hydrogen-bond donors (Lipinski definition) is 2. The van der Waals surface area contributed by atoms with Crippen molar-refractivity contribution >= 4 is 21.8 Å². The zero-order chi connectivity index (χ0) is 16.7. The Kier molecular flexibility index (Phi) is 6.62. The molecule has 0 saturated carbocycles. The largest absolute Gasteiger partial charge is 0.496 e. The SMILES string of the molecule is CNCCC(=O)NC(c1ccccc1)c1ccc(OC)c(Br)c1. The van der Waals surface area contributed by atoms with Crippen LogP contribution in [0.2, 0.25) is 0 Å². The molecule has 0 heterocycles. The van der Waals surface area contributed by atoms with Gasteiger partial charge in [-0.05, 0) is 46.2 Å². The monoisotopic (exact) mass is 376 g/mol. The van der Waals surface area contributed by atoms with Crippen molar-refractivity contribution in [2.24, 2.45) is 0 Å². The molecule has 4 nitrogen and oxygen atoms in total. The fourth-order valence-electron chi connectivity index (χ4n) is 2.34. The van der Waals surface area contributed by atoms with Gasteiger partial charge in [-0.15, -0.1) is 0 Å². The molecule has 0 aromatic heterocycles. The minimum atomic E-state index is -0.192. The highest BCUT2D eigenvalue weighted by Gasteiger charge is 2.17. The lowest BCUT2D eigenvalue weighted by Crippen LogP contribution is -2.31. The molecule has 0 aliphatic heterocycles. The Bertz CT molecular complexity index is 647. The fraction of sp³-hybridized carbons (Fsp3) is 0.278. The maximum Gasteiger partial charge on any atom is 0.222 e. The van der Waals surface area contributed by atoms with Crippen LogP contribution in [0.5, 0.6) is 5.75 Å². The number of ether oxygens (including phenoxy) is 1. The molecule has 0 radical (unpaired) electrons. The Labute approximate surface area is 145 Å². The van der Waals surface area contributed by atoms with E-state index in [1.165, 1.54) is 0 Å². The van der Waals surface area contributed by atoms with Crippen LogP contribution in [-0.2, 0) is 4.79 Å². The number of halogens is 1. The number of amides is 1. The number of carbonyl (C=O) groups is 1. The van der Waals surface area contributed by atoms with E-state index in [0.29, 0.717) is 13.0 Å². The summed E-state index contributed by atoms with van der Waals surface area (Å²) in [6.45, 7) is 0.652. The molecule has 23 heavy (non-hydrogen) atoms.